The molecule has 0 aromatic heterocycles. The van der Waals surface area contributed by atoms with Crippen molar-refractivity contribution in [1.82, 2.24) is 0 Å². The fraction of sp³-hybridized carbons (Fsp3) is 0.0625. The van der Waals surface area contributed by atoms with Crippen LogP contribution in [0.3, 0.4) is 0 Å². The monoisotopic (exact) mass is 284 g/mol. The number of fused-ring (bicyclic) bond motifs is 1. The molecular weight excluding hydrogens is 272 g/mol. The van der Waals surface area contributed by atoms with Gasteiger partial charge in [-0.15, -0.1) is 0 Å². The Morgan fingerprint density at radius 2 is 1.71 bits per heavy atom. The second-order valence-corrected chi connectivity index (χ2v) is 4.73. The summed E-state index contributed by atoms with van der Waals surface area (Å²) < 4.78 is 5.41. The molecule has 0 fully saturated rings. The van der Waals surface area contributed by atoms with Crippen molar-refractivity contribution in [2.75, 3.05) is 0 Å². The molecule has 0 amide bonds. The minimum Gasteiger partial charge on any atom is -0.508 e. The Morgan fingerprint density at radius 1 is 1.00 bits per heavy atom. The number of hydrogen-bond acceptors (Lipinski definition) is 5. The molecule has 1 unspecified atom stereocenters. The molecule has 3 N–H and O–H groups in total. The van der Waals surface area contributed by atoms with Crippen molar-refractivity contribution in [1.29, 1.82) is 0 Å². The maximum absolute atomic E-state index is 11.5. The van der Waals surface area contributed by atoms with Crippen LogP contribution in [-0.2, 0) is 4.79 Å². The lowest BCUT2D eigenvalue weighted by Crippen LogP contribution is -2.11. The molecule has 1 aliphatic rings. The van der Waals surface area contributed by atoms with Crippen molar-refractivity contribution < 1.29 is 24.9 Å². The van der Waals surface area contributed by atoms with Gasteiger partial charge in [0.2, 0.25) is 0 Å². The molecule has 1 atom stereocenters. The number of phenols is 3. The highest BCUT2D eigenvalue weighted by molar-refractivity contribution is 5.89. The van der Waals surface area contributed by atoms with Gasteiger partial charge >= 0.3 is 0 Å². The van der Waals surface area contributed by atoms with E-state index in [0.29, 0.717) is 23.0 Å². The summed E-state index contributed by atoms with van der Waals surface area (Å²) in [5.74, 6) is -0.693. The molecule has 5 heteroatoms. The van der Waals surface area contributed by atoms with Crippen LogP contribution in [-0.4, -0.2) is 21.6 Å². The largest absolute Gasteiger partial charge is 0.508 e. The molecule has 0 saturated heterocycles. The number of carbonyl (C=O) groups is 1. The van der Waals surface area contributed by atoms with Gasteiger partial charge in [-0.2, -0.15) is 0 Å². The third-order valence-electron chi connectivity index (χ3n) is 3.40. The number of hydrogen-bond donors (Lipinski definition) is 3. The van der Waals surface area contributed by atoms with Crippen molar-refractivity contribution in [2.45, 2.75) is 5.92 Å². The zero-order chi connectivity index (χ0) is 15.0. The van der Waals surface area contributed by atoms with Crippen LogP contribution in [0.5, 0.6) is 23.0 Å². The summed E-state index contributed by atoms with van der Waals surface area (Å²) in [5.41, 5.74) is 1.58. The summed E-state index contributed by atoms with van der Waals surface area (Å²) in [6.07, 6.45) is 2.11. The van der Waals surface area contributed by atoms with Gasteiger partial charge in [-0.05, 0) is 17.7 Å². The standard InChI is InChI=1S/C16H12O5/c17-7-12-13(9-1-3-10(18)4-2-9)8-21-15-6-11(19)5-14(20)16(12)15/h1-8,12,18-20H. The maximum Gasteiger partial charge on any atom is 0.138 e. The number of rotatable bonds is 2. The first-order valence-electron chi connectivity index (χ1n) is 6.27. The van der Waals surface area contributed by atoms with Gasteiger partial charge in [0.15, 0.2) is 0 Å². The van der Waals surface area contributed by atoms with E-state index < -0.39 is 5.92 Å². The van der Waals surface area contributed by atoms with E-state index in [0.717, 1.165) is 0 Å². The summed E-state index contributed by atoms with van der Waals surface area (Å²) in [7, 11) is 0. The van der Waals surface area contributed by atoms with Gasteiger partial charge in [0.05, 0.1) is 17.7 Å². The highest BCUT2D eigenvalue weighted by Gasteiger charge is 2.29. The van der Waals surface area contributed by atoms with Gasteiger partial charge in [0.25, 0.3) is 0 Å². The lowest BCUT2D eigenvalue weighted by molar-refractivity contribution is -0.108. The van der Waals surface area contributed by atoms with Crippen molar-refractivity contribution in [2.24, 2.45) is 0 Å². The highest BCUT2D eigenvalue weighted by Crippen LogP contribution is 2.46. The van der Waals surface area contributed by atoms with E-state index in [2.05, 4.69) is 0 Å². The molecule has 0 aliphatic carbocycles. The molecule has 1 aliphatic heterocycles. The molecule has 0 saturated carbocycles. The molecule has 21 heavy (non-hydrogen) atoms. The molecule has 0 bridgehead atoms. The first-order valence-corrected chi connectivity index (χ1v) is 6.27. The number of phenolic OH excluding ortho intramolecular Hbond substituents is 3. The number of aromatic hydroxyl groups is 3. The van der Waals surface area contributed by atoms with Gasteiger partial charge in [-0.3, -0.25) is 0 Å². The fourth-order valence-electron chi connectivity index (χ4n) is 2.41. The topological polar surface area (TPSA) is 87.0 Å². The fourth-order valence-corrected chi connectivity index (χ4v) is 2.41. The molecule has 106 valence electrons. The Balaban J connectivity index is 2.11. The second kappa shape index (κ2) is 4.86. The normalized spacial score (nSPS) is 16.6. The first-order chi connectivity index (χ1) is 10.1. The molecule has 0 radical (unpaired) electrons. The average Bonchev–Trinajstić information content (AvgIpc) is 2.46. The predicted octanol–water partition coefficient (Wildman–Crippen LogP) is 2.52. The van der Waals surface area contributed by atoms with Crippen LogP contribution in [0.15, 0.2) is 42.7 Å². The van der Waals surface area contributed by atoms with Gasteiger partial charge in [0, 0.05) is 17.7 Å². The summed E-state index contributed by atoms with van der Waals surface area (Å²) in [4.78, 5) is 11.5. The predicted molar refractivity (Wildman–Crippen MR) is 75.3 cm³/mol. The second-order valence-electron chi connectivity index (χ2n) is 4.73. The quantitative estimate of drug-likeness (QED) is 0.738. The smallest absolute Gasteiger partial charge is 0.138 e. The van der Waals surface area contributed by atoms with E-state index in [1.807, 2.05) is 0 Å². The number of benzene rings is 2. The minimum absolute atomic E-state index is 0.118. The highest BCUT2D eigenvalue weighted by atomic mass is 16.5. The van der Waals surface area contributed by atoms with E-state index in [9.17, 15) is 20.1 Å². The van der Waals surface area contributed by atoms with E-state index >= 15 is 0 Å². The van der Waals surface area contributed by atoms with Crippen molar-refractivity contribution >= 4 is 11.9 Å². The molecule has 1 heterocycles. The van der Waals surface area contributed by atoms with E-state index in [1.54, 1.807) is 12.1 Å². The van der Waals surface area contributed by atoms with Gasteiger partial charge in [-0.1, -0.05) is 12.1 Å². The Morgan fingerprint density at radius 3 is 2.38 bits per heavy atom. The van der Waals surface area contributed by atoms with Gasteiger partial charge in [0.1, 0.15) is 29.3 Å². The summed E-state index contributed by atoms with van der Waals surface area (Å²) in [6.45, 7) is 0. The van der Waals surface area contributed by atoms with E-state index in [-0.39, 0.29) is 23.0 Å². The Labute approximate surface area is 120 Å². The SMILES string of the molecule is O=CC1C(c2ccc(O)cc2)=COc2cc(O)cc(O)c21. The molecular formula is C16H12O5. The first kappa shape index (κ1) is 13.1. The summed E-state index contributed by atoms with van der Waals surface area (Å²) in [6, 6.07) is 8.83. The Hall–Kier alpha value is -2.95. The van der Waals surface area contributed by atoms with Crippen molar-refractivity contribution in [3.63, 3.8) is 0 Å². The zero-order valence-electron chi connectivity index (χ0n) is 10.9. The van der Waals surface area contributed by atoms with Gasteiger partial charge < -0.3 is 24.9 Å². The van der Waals surface area contributed by atoms with Crippen molar-refractivity contribution in [3.05, 3.63) is 53.8 Å². The maximum atomic E-state index is 11.5. The Kier molecular flexibility index (Phi) is 3.02. The van der Waals surface area contributed by atoms with E-state index in [4.69, 9.17) is 4.74 Å². The zero-order valence-corrected chi connectivity index (χ0v) is 10.9. The molecule has 2 aromatic rings. The molecule has 3 rings (SSSR count). The number of aldehydes is 1. The lowest BCUT2D eigenvalue weighted by Gasteiger charge is -2.24. The number of allylic oxidation sites excluding steroid dienone is 1. The third kappa shape index (κ3) is 2.18. The number of carbonyl (C=O) groups excluding carboxylic acids is 1. The van der Waals surface area contributed by atoms with Crippen LogP contribution >= 0.6 is 0 Å². The van der Waals surface area contributed by atoms with Crippen LogP contribution in [0.25, 0.3) is 5.57 Å². The lowest BCUT2D eigenvalue weighted by atomic mass is 9.86. The van der Waals surface area contributed by atoms with Gasteiger partial charge in [-0.25, -0.2) is 0 Å². The molecule has 0 spiro atoms. The number of ether oxygens (including phenoxy) is 1. The minimum atomic E-state index is -0.709. The van der Waals surface area contributed by atoms with Crippen molar-refractivity contribution in [3.8, 4) is 23.0 Å². The summed E-state index contributed by atoms with van der Waals surface area (Å²) >= 11 is 0. The average molecular weight is 284 g/mol. The van der Waals surface area contributed by atoms with Crippen LogP contribution < -0.4 is 4.74 Å². The van der Waals surface area contributed by atoms with Crippen LogP contribution in [0, 0.1) is 0 Å². The molecule has 2 aromatic carbocycles. The van der Waals surface area contributed by atoms with E-state index in [1.165, 1.54) is 30.5 Å². The van der Waals surface area contributed by atoms with Crippen LogP contribution in [0.4, 0.5) is 0 Å². The Bertz CT molecular complexity index is 731. The molecule has 5 nitrogen and oxygen atoms in total. The van der Waals surface area contributed by atoms with Crippen LogP contribution in [0.2, 0.25) is 0 Å². The summed E-state index contributed by atoms with van der Waals surface area (Å²) in [5, 5.41) is 28.8. The van der Waals surface area contributed by atoms with Crippen LogP contribution in [0.1, 0.15) is 17.0 Å². The third-order valence-corrected chi connectivity index (χ3v) is 3.40.